The van der Waals surface area contributed by atoms with Crippen molar-refractivity contribution in [2.45, 2.75) is 45.8 Å². The lowest BCUT2D eigenvalue weighted by Gasteiger charge is -2.32. The second-order valence-corrected chi connectivity index (χ2v) is 6.38. The molecule has 1 aromatic heterocycles. The van der Waals surface area contributed by atoms with Crippen molar-refractivity contribution in [2.24, 2.45) is 0 Å². The van der Waals surface area contributed by atoms with Crippen LogP contribution in [-0.2, 0) is 11.3 Å². The largest absolute Gasteiger partial charge is 0.490 e. The number of ether oxygens (including phenoxy) is 1. The van der Waals surface area contributed by atoms with Crippen LogP contribution >= 0.6 is 0 Å². The number of benzene rings is 1. The topological polar surface area (TPSA) is 60.2 Å². The molecule has 1 aliphatic heterocycles. The molecule has 1 saturated heterocycles. The van der Waals surface area contributed by atoms with Crippen molar-refractivity contribution in [3.05, 3.63) is 42.0 Å². The zero-order chi connectivity index (χ0) is 16.9. The van der Waals surface area contributed by atoms with Crippen molar-refractivity contribution < 1.29 is 9.53 Å². The predicted molar refractivity (Wildman–Crippen MR) is 90.8 cm³/mol. The third kappa shape index (κ3) is 4.13. The van der Waals surface area contributed by atoms with E-state index < -0.39 is 0 Å². The molecule has 1 fully saturated rings. The van der Waals surface area contributed by atoms with Crippen LogP contribution in [0.4, 0.5) is 0 Å². The van der Waals surface area contributed by atoms with Gasteiger partial charge in [0.05, 0.1) is 6.54 Å². The molecular formula is C18H24N4O2. The average molecular weight is 328 g/mol. The van der Waals surface area contributed by atoms with Gasteiger partial charge in [-0.2, -0.15) is 5.10 Å². The minimum Gasteiger partial charge on any atom is -0.490 e. The molecule has 0 radical (unpaired) electrons. The van der Waals surface area contributed by atoms with Crippen molar-refractivity contribution in [1.29, 1.82) is 0 Å². The molecule has 24 heavy (non-hydrogen) atoms. The first-order chi connectivity index (χ1) is 11.6. The summed E-state index contributed by atoms with van der Waals surface area (Å²) in [5.41, 5.74) is 2.36. The Morgan fingerprint density at radius 1 is 1.29 bits per heavy atom. The highest BCUT2D eigenvalue weighted by atomic mass is 16.5. The minimum absolute atomic E-state index is 0.177. The van der Waals surface area contributed by atoms with Crippen molar-refractivity contribution in [3.8, 4) is 5.75 Å². The number of piperidine rings is 1. The summed E-state index contributed by atoms with van der Waals surface area (Å²) in [6.07, 6.45) is 5.53. The fourth-order valence-corrected chi connectivity index (χ4v) is 2.95. The van der Waals surface area contributed by atoms with Gasteiger partial charge in [0.25, 0.3) is 0 Å². The zero-order valence-electron chi connectivity index (χ0n) is 14.3. The highest BCUT2D eigenvalue weighted by Gasteiger charge is 2.24. The number of hydrogen-bond donors (Lipinski definition) is 0. The molecule has 0 saturated carbocycles. The van der Waals surface area contributed by atoms with Gasteiger partial charge in [-0.15, -0.1) is 0 Å². The van der Waals surface area contributed by atoms with E-state index in [1.165, 1.54) is 11.9 Å². The van der Waals surface area contributed by atoms with Crippen molar-refractivity contribution >= 4 is 5.91 Å². The number of amides is 1. The smallest absolute Gasteiger partial charge is 0.224 e. The molecular weight excluding hydrogens is 304 g/mol. The molecule has 1 aromatic carbocycles. The molecule has 128 valence electrons. The lowest BCUT2D eigenvalue weighted by atomic mass is 10.1. The van der Waals surface area contributed by atoms with Crippen LogP contribution in [0.2, 0.25) is 0 Å². The summed E-state index contributed by atoms with van der Waals surface area (Å²) in [4.78, 5) is 18.1. The first kappa shape index (κ1) is 16.5. The van der Waals surface area contributed by atoms with Crippen LogP contribution in [0.5, 0.6) is 5.75 Å². The molecule has 6 heteroatoms. The molecule has 3 rings (SSSR count). The molecule has 0 unspecified atom stereocenters. The third-order valence-electron chi connectivity index (χ3n) is 4.45. The fourth-order valence-electron chi connectivity index (χ4n) is 2.95. The molecule has 2 heterocycles. The molecule has 1 aliphatic rings. The van der Waals surface area contributed by atoms with Crippen LogP contribution in [0.25, 0.3) is 0 Å². The number of nitrogens with zero attached hydrogens (tertiary/aromatic N) is 4. The maximum atomic E-state index is 12.3. The molecule has 0 spiro atoms. The van der Waals surface area contributed by atoms with Gasteiger partial charge in [-0.05, 0) is 31.0 Å². The highest BCUT2D eigenvalue weighted by molar-refractivity contribution is 5.76. The first-order valence-electron chi connectivity index (χ1n) is 8.46. The van der Waals surface area contributed by atoms with E-state index in [9.17, 15) is 4.79 Å². The number of hydrogen-bond acceptors (Lipinski definition) is 4. The van der Waals surface area contributed by atoms with Crippen LogP contribution in [-0.4, -0.2) is 44.8 Å². The Bertz CT molecular complexity index is 676. The van der Waals surface area contributed by atoms with Crippen molar-refractivity contribution in [3.63, 3.8) is 0 Å². The molecule has 0 N–H and O–H groups in total. The quantitative estimate of drug-likeness (QED) is 0.845. The molecule has 1 amide bonds. The van der Waals surface area contributed by atoms with Gasteiger partial charge in [0, 0.05) is 32.4 Å². The molecule has 6 nitrogen and oxygen atoms in total. The Balaban J connectivity index is 1.46. The first-order valence-corrected chi connectivity index (χ1v) is 8.46. The van der Waals surface area contributed by atoms with E-state index in [4.69, 9.17) is 4.74 Å². The molecule has 0 bridgehead atoms. The van der Waals surface area contributed by atoms with Crippen molar-refractivity contribution in [2.75, 3.05) is 13.1 Å². The van der Waals surface area contributed by atoms with Gasteiger partial charge in [-0.3, -0.25) is 9.48 Å². The van der Waals surface area contributed by atoms with Gasteiger partial charge in [-0.25, -0.2) is 4.98 Å². The molecule has 0 aliphatic carbocycles. The normalized spacial score (nSPS) is 15.5. The summed E-state index contributed by atoms with van der Waals surface area (Å²) in [5.74, 6) is 1.14. The van der Waals surface area contributed by atoms with Gasteiger partial charge in [0.2, 0.25) is 5.91 Å². The van der Waals surface area contributed by atoms with Gasteiger partial charge in [0.1, 0.15) is 24.5 Å². The predicted octanol–water partition coefficient (Wildman–Crippen LogP) is 2.36. The number of rotatable bonds is 5. The minimum atomic E-state index is 0.177. The third-order valence-corrected chi connectivity index (χ3v) is 4.45. The van der Waals surface area contributed by atoms with Crippen LogP contribution in [0.15, 0.2) is 30.9 Å². The van der Waals surface area contributed by atoms with E-state index in [1.54, 1.807) is 11.0 Å². The number of likely N-dealkylation sites (tertiary alicyclic amines) is 1. The standard InChI is InChI=1S/C18H24N4O2/c1-14-3-4-15(2)17(11-14)24-16-5-8-21(9-6-16)18(23)7-10-22-13-19-12-20-22/h3-4,11-13,16H,5-10H2,1-2H3. The van der Waals surface area contributed by atoms with E-state index >= 15 is 0 Å². The van der Waals surface area contributed by atoms with Gasteiger partial charge < -0.3 is 9.64 Å². The zero-order valence-corrected chi connectivity index (χ0v) is 14.3. The van der Waals surface area contributed by atoms with Gasteiger partial charge in [0.15, 0.2) is 0 Å². The number of aryl methyl sites for hydroxylation is 3. The lowest BCUT2D eigenvalue weighted by molar-refractivity contribution is -0.133. The van der Waals surface area contributed by atoms with Crippen LogP contribution in [0.3, 0.4) is 0 Å². The molecule has 0 atom stereocenters. The second kappa shape index (κ2) is 7.47. The monoisotopic (exact) mass is 328 g/mol. The van der Waals surface area contributed by atoms with E-state index in [0.29, 0.717) is 13.0 Å². The maximum Gasteiger partial charge on any atom is 0.224 e. The summed E-state index contributed by atoms with van der Waals surface area (Å²) in [6, 6.07) is 6.27. The Morgan fingerprint density at radius 3 is 2.79 bits per heavy atom. The number of carbonyl (C=O) groups is 1. The number of carbonyl (C=O) groups excluding carboxylic acids is 1. The van der Waals surface area contributed by atoms with Crippen LogP contribution in [0, 0.1) is 13.8 Å². The fraction of sp³-hybridized carbons (Fsp3) is 0.500. The lowest BCUT2D eigenvalue weighted by Crippen LogP contribution is -2.42. The summed E-state index contributed by atoms with van der Waals surface area (Å²) in [5, 5.41) is 4.02. The Morgan fingerprint density at radius 2 is 2.08 bits per heavy atom. The second-order valence-electron chi connectivity index (χ2n) is 6.38. The van der Waals surface area contributed by atoms with E-state index in [0.717, 1.165) is 37.2 Å². The summed E-state index contributed by atoms with van der Waals surface area (Å²) < 4.78 is 7.84. The Hall–Kier alpha value is -2.37. The van der Waals surface area contributed by atoms with Gasteiger partial charge >= 0.3 is 0 Å². The number of aromatic nitrogens is 3. The summed E-state index contributed by atoms with van der Waals surface area (Å²) in [6.45, 7) is 6.23. The maximum absolute atomic E-state index is 12.3. The summed E-state index contributed by atoms with van der Waals surface area (Å²) in [7, 11) is 0. The SMILES string of the molecule is Cc1ccc(C)c(OC2CCN(C(=O)CCn3cncn3)CC2)c1. The van der Waals surface area contributed by atoms with E-state index in [2.05, 4.69) is 42.1 Å². The van der Waals surface area contributed by atoms with Crippen LogP contribution < -0.4 is 4.74 Å². The Labute approximate surface area is 142 Å². The van der Waals surface area contributed by atoms with E-state index in [1.807, 2.05) is 4.90 Å². The van der Waals surface area contributed by atoms with Crippen LogP contribution in [0.1, 0.15) is 30.4 Å². The highest BCUT2D eigenvalue weighted by Crippen LogP contribution is 2.24. The van der Waals surface area contributed by atoms with Crippen molar-refractivity contribution in [1.82, 2.24) is 19.7 Å². The van der Waals surface area contributed by atoms with E-state index in [-0.39, 0.29) is 12.0 Å². The Kier molecular flexibility index (Phi) is 5.13. The average Bonchev–Trinajstić information content (AvgIpc) is 3.10. The molecule has 2 aromatic rings. The van der Waals surface area contributed by atoms with Gasteiger partial charge in [-0.1, -0.05) is 12.1 Å². The summed E-state index contributed by atoms with van der Waals surface area (Å²) >= 11 is 0.